The molecule has 36 heavy (non-hydrogen) atoms. The van der Waals surface area contributed by atoms with Gasteiger partial charge in [0, 0.05) is 30.2 Å². The first-order valence-electron chi connectivity index (χ1n) is 11.1. The molecule has 7 nitrogen and oxygen atoms in total. The maximum absolute atomic E-state index is 13.0. The highest BCUT2D eigenvalue weighted by Gasteiger charge is 2.17. The predicted molar refractivity (Wildman–Crippen MR) is 144 cm³/mol. The molecule has 0 amide bonds. The third-order valence-corrected chi connectivity index (χ3v) is 7.51. The minimum Gasteiger partial charge on any atom is -0.295 e. The number of halogens is 2. The van der Waals surface area contributed by atoms with Crippen molar-refractivity contribution in [2.75, 3.05) is 6.54 Å². The van der Waals surface area contributed by atoms with Gasteiger partial charge < -0.3 is 0 Å². The van der Waals surface area contributed by atoms with E-state index < -0.39 is 0 Å². The largest absolute Gasteiger partial charge is 0.295 e. The van der Waals surface area contributed by atoms with Gasteiger partial charge in [0.1, 0.15) is 6.54 Å². The van der Waals surface area contributed by atoms with Gasteiger partial charge >= 0.3 is 0 Å². The van der Waals surface area contributed by atoms with Crippen molar-refractivity contribution in [3.8, 4) is 5.69 Å². The maximum atomic E-state index is 13.0. The van der Waals surface area contributed by atoms with Gasteiger partial charge in [-0.15, -0.1) is 11.3 Å². The van der Waals surface area contributed by atoms with Crippen LogP contribution in [0.25, 0.3) is 5.69 Å². The molecule has 0 saturated carbocycles. The first-order chi connectivity index (χ1) is 17.2. The molecule has 0 atom stereocenters. The predicted octanol–water partition coefficient (Wildman–Crippen LogP) is 5.74. The number of aryl methyl sites for hydroxylation is 2. The van der Waals surface area contributed by atoms with E-state index in [0.717, 1.165) is 5.56 Å². The summed E-state index contributed by atoms with van der Waals surface area (Å²) < 4.78 is 1.36. The van der Waals surface area contributed by atoms with E-state index in [1.807, 2.05) is 12.1 Å². The van der Waals surface area contributed by atoms with Crippen molar-refractivity contribution in [2.45, 2.75) is 26.7 Å². The Morgan fingerprint density at radius 2 is 1.72 bits per heavy atom. The van der Waals surface area contributed by atoms with Crippen LogP contribution in [0, 0.1) is 6.92 Å². The Hall–Kier alpha value is -3.33. The highest BCUT2D eigenvalue weighted by Crippen LogP contribution is 2.24. The van der Waals surface area contributed by atoms with E-state index in [1.54, 1.807) is 56.6 Å². The molecule has 0 aliphatic heterocycles. The molecule has 184 valence electrons. The Morgan fingerprint density at radius 1 is 1.03 bits per heavy atom. The molecular weight excluding hydrogens is 519 g/mol. The van der Waals surface area contributed by atoms with E-state index in [2.05, 4.69) is 15.1 Å². The second-order valence-electron chi connectivity index (χ2n) is 8.12. The average Bonchev–Trinajstić information content (AvgIpc) is 3.48. The van der Waals surface area contributed by atoms with E-state index in [4.69, 9.17) is 23.2 Å². The van der Waals surface area contributed by atoms with Crippen LogP contribution in [0.2, 0.25) is 10.0 Å². The average molecular weight is 541 g/mol. The van der Waals surface area contributed by atoms with Crippen molar-refractivity contribution >= 4 is 51.8 Å². The molecule has 0 aliphatic rings. The number of nitrogens with one attached hydrogen (secondary N) is 1. The maximum Gasteiger partial charge on any atom is 0.280 e. The number of hydrogen-bond donors (Lipinski definition) is 1. The van der Waals surface area contributed by atoms with E-state index in [-0.39, 0.29) is 23.7 Å². The van der Waals surface area contributed by atoms with Gasteiger partial charge in [0.15, 0.2) is 11.6 Å². The van der Waals surface area contributed by atoms with Crippen molar-refractivity contribution in [3.05, 3.63) is 102 Å². The summed E-state index contributed by atoms with van der Waals surface area (Å²) in [4.78, 5) is 47.6. The number of aromatic nitrogens is 3. The van der Waals surface area contributed by atoms with Crippen LogP contribution in [-0.2, 0) is 6.42 Å². The standard InChI is InChI=1S/C26H22Cl2N4O3S/c1-15(25-16(2)31-32(26(25)35)18-4-5-19(27)20(28)13-18)30-14-22(34)24-8-7-23(36-24)21(33)6-3-17-9-11-29-12-10-17/h4-5,7-13,31H,3,6,14H2,1-2H3. The molecule has 3 aromatic heterocycles. The summed E-state index contributed by atoms with van der Waals surface area (Å²) in [5.41, 5.74) is 2.69. The van der Waals surface area contributed by atoms with Gasteiger partial charge in [-0.1, -0.05) is 23.2 Å². The zero-order valence-corrected chi connectivity index (χ0v) is 21.9. The molecule has 4 rings (SSSR count). The Labute approximate surface area is 221 Å². The summed E-state index contributed by atoms with van der Waals surface area (Å²) in [6.45, 7) is 3.31. The molecule has 3 heterocycles. The van der Waals surface area contributed by atoms with Gasteiger partial charge in [0.2, 0.25) is 0 Å². The van der Waals surface area contributed by atoms with Crippen molar-refractivity contribution in [1.82, 2.24) is 14.8 Å². The number of carbonyl (C=O) groups excluding carboxylic acids is 2. The second kappa shape index (κ2) is 11.2. The van der Waals surface area contributed by atoms with Gasteiger partial charge in [-0.3, -0.25) is 29.5 Å². The Morgan fingerprint density at radius 3 is 2.42 bits per heavy atom. The Balaban J connectivity index is 1.44. The first-order valence-corrected chi connectivity index (χ1v) is 12.7. The van der Waals surface area contributed by atoms with Gasteiger partial charge in [-0.05, 0) is 68.3 Å². The molecule has 10 heteroatoms. The third-order valence-electron chi connectivity index (χ3n) is 5.60. The molecule has 1 aromatic carbocycles. The van der Waals surface area contributed by atoms with Crippen LogP contribution in [0.1, 0.15) is 49.5 Å². The summed E-state index contributed by atoms with van der Waals surface area (Å²) in [6, 6.07) is 12.0. The zero-order chi connectivity index (χ0) is 25.8. The summed E-state index contributed by atoms with van der Waals surface area (Å²) in [6.07, 6.45) is 4.36. The van der Waals surface area contributed by atoms with Crippen molar-refractivity contribution in [3.63, 3.8) is 0 Å². The number of ketones is 2. The van der Waals surface area contributed by atoms with Gasteiger partial charge in [-0.25, -0.2) is 4.68 Å². The molecule has 0 bridgehead atoms. The molecule has 0 saturated heterocycles. The fourth-order valence-corrected chi connectivity index (χ4v) is 4.89. The molecule has 0 spiro atoms. The lowest BCUT2D eigenvalue weighted by Crippen LogP contribution is -2.20. The van der Waals surface area contributed by atoms with Crippen molar-refractivity contribution < 1.29 is 9.59 Å². The van der Waals surface area contributed by atoms with Crippen LogP contribution in [0.4, 0.5) is 0 Å². The van der Waals surface area contributed by atoms with E-state index in [1.165, 1.54) is 16.0 Å². The molecule has 0 radical (unpaired) electrons. The van der Waals surface area contributed by atoms with Crippen LogP contribution in [0.5, 0.6) is 0 Å². The number of benzene rings is 1. The first kappa shape index (κ1) is 25.8. The SMILES string of the molecule is CC(=NCC(=O)c1ccc(C(=O)CCc2ccncc2)s1)c1c(C)[nH]n(-c2ccc(Cl)c(Cl)c2)c1=O. The fourth-order valence-electron chi connectivity index (χ4n) is 3.69. The number of carbonyl (C=O) groups is 2. The van der Waals surface area contributed by atoms with Crippen LogP contribution in [0.3, 0.4) is 0 Å². The van der Waals surface area contributed by atoms with E-state index >= 15 is 0 Å². The van der Waals surface area contributed by atoms with E-state index in [9.17, 15) is 14.4 Å². The van der Waals surface area contributed by atoms with Crippen molar-refractivity contribution in [2.24, 2.45) is 4.99 Å². The number of hydrogen-bond acceptors (Lipinski definition) is 6. The number of rotatable bonds is 9. The minimum absolute atomic E-state index is 0.0126. The van der Waals surface area contributed by atoms with Crippen LogP contribution >= 0.6 is 34.5 Å². The van der Waals surface area contributed by atoms with Crippen molar-refractivity contribution in [1.29, 1.82) is 0 Å². The third kappa shape index (κ3) is 5.73. The summed E-state index contributed by atoms with van der Waals surface area (Å²) in [5, 5.41) is 3.73. The highest BCUT2D eigenvalue weighted by molar-refractivity contribution is 7.16. The summed E-state index contributed by atoms with van der Waals surface area (Å²) >= 11 is 13.2. The Kier molecular flexibility index (Phi) is 7.98. The lowest BCUT2D eigenvalue weighted by molar-refractivity contribution is 0.0984. The fraction of sp³-hybridized carbons (Fsp3) is 0.192. The lowest BCUT2D eigenvalue weighted by Gasteiger charge is -2.03. The molecule has 1 N–H and O–H groups in total. The molecule has 0 aliphatic carbocycles. The van der Waals surface area contributed by atoms with Crippen LogP contribution < -0.4 is 5.56 Å². The summed E-state index contributed by atoms with van der Waals surface area (Å²) in [5.74, 6) is -0.230. The van der Waals surface area contributed by atoms with Crippen LogP contribution in [-0.4, -0.2) is 38.6 Å². The number of thiophene rings is 1. The number of aliphatic imine (C=N–C) groups is 1. The monoisotopic (exact) mass is 540 g/mol. The van der Waals surface area contributed by atoms with Gasteiger partial charge in [0.25, 0.3) is 5.56 Å². The number of pyridine rings is 1. The highest BCUT2D eigenvalue weighted by atomic mass is 35.5. The van der Waals surface area contributed by atoms with Crippen LogP contribution in [0.15, 0.2) is 64.6 Å². The number of Topliss-reactive ketones (excluding diaryl/α,β-unsaturated/α-hetero) is 2. The number of nitrogens with zero attached hydrogens (tertiary/aromatic N) is 3. The quantitative estimate of drug-likeness (QED) is 0.216. The smallest absolute Gasteiger partial charge is 0.280 e. The second-order valence-corrected chi connectivity index (χ2v) is 10.0. The summed E-state index contributed by atoms with van der Waals surface area (Å²) in [7, 11) is 0. The molecule has 0 unspecified atom stereocenters. The molecular formula is C26H22Cl2N4O3S. The molecule has 4 aromatic rings. The number of H-pyrrole nitrogens is 1. The zero-order valence-electron chi connectivity index (χ0n) is 19.5. The topological polar surface area (TPSA) is 97.2 Å². The normalized spacial score (nSPS) is 11.6. The number of aromatic amines is 1. The van der Waals surface area contributed by atoms with E-state index in [0.29, 0.717) is 55.3 Å². The lowest BCUT2D eigenvalue weighted by atomic mass is 10.1. The Bertz CT molecular complexity index is 1520. The van der Waals surface area contributed by atoms with Gasteiger partial charge in [0.05, 0.1) is 31.1 Å². The minimum atomic E-state index is -0.308. The molecule has 0 fully saturated rings. The van der Waals surface area contributed by atoms with Gasteiger partial charge in [-0.2, -0.15) is 0 Å².